The molecule has 170 valence electrons. The van der Waals surface area contributed by atoms with Crippen LogP contribution in [0.3, 0.4) is 0 Å². The first-order valence-corrected chi connectivity index (χ1v) is 12.2. The van der Waals surface area contributed by atoms with Crippen molar-refractivity contribution in [2.75, 3.05) is 39.4 Å². The van der Waals surface area contributed by atoms with Gasteiger partial charge in [-0.3, -0.25) is 9.42 Å². The van der Waals surface area contributed by atoms with Crippen molar-refractivity contribution in [3.63, 3.8) is 0 Å². The first-order chi connectivity index (χ1) is 14.1. The predicted octanol–water partition coefficient (Wildman–Crippen LogP) is 4.76. The van der Waals surface area contributed by atoms with E-state index in [9.17, 15) is 18.0 Å². The number of nitrogens with one attached hydrogen (secondary N) is 2. The van der Waals surface area contributed by atoms with Gasteiger partial charge < -0.3 is 10.2 Å². The molecule has 2 rings (SSSR count). The number of likely N-dealkylation sites (tertiary alicyclic amines) is 1. The van der Waals surface area contributed by atoms with Crippen LogP contribution in [0.2, 0.25) is 5.02 Å². The number of halogens is 4. The van der Waals surface area contributed by atoms with Gasteiger partial charge in [0.1, 0.15) is 0 Å². The van der Waals surface area contributed by atoms with Gasteiger partial charge in [0, 0.05) is 30.2 Å². The molecule has 1 saturated heterocycles. The number of hydrogen-bond acceptors (Lipinski definition) is 4. The molecule has 0 spiro atoms. The Hall–Kier alpha value is -0.920. The number of rotatable bonds is 9. The average molecular weight is 468 g/mol. The molecule has 1 atom stereocenters. The Labute approximate surface area is 182 Å². The molecule has 1 unspecified atom stereocenters. The highest BCUT2D eigenvalue weighted by Gasteiger charge is 2.31. The SMILES string of the molecule is CC(C)P(C)ONCCN1CCC(CNC(=O)c2cc(Cl)cc(C(F)(F)F)c2)CC1. The second-order valence-electron chi connectivity index (χ2n) is 7.85. The number of alkyl halides is 3. The first-order valence-electron chi connectivity index (χ1n) is 10.1. The molecule has 5 nitrogen and oxygen atoms in total. The predicted molar refractivity (Wildman–Crippen MR) is 115 cm³/mol. The highest BCUT2D eigenvalue weighted by molar-refractivity contribution is 7.52. The molecule has 1 amide bonds. The number of hydrogen-bond donors (Lipinski definition) is 2. The normalized spacial score (nSPS) is 17.3. The summed E-state index contributed by atoms with van der Waals surface area (Å²) in [6.45, 7) is 10.3. The van der Waals surface area contributed by atoms with Crippen LogP contribution in [0, 0.1) is 5.92 Å². The third-order valence-electron chi connectivity index (χ3n) is 5.21. The van der Waals surface area contributed by atoms with E-state index in [-0.39, 0.29) is 10.6 Å². The lowest BCUT2D eigenvalue weighted by molar-refractivity contribution is -0.137. The van der Waals surface area contributed by atoms with Gasteiger partial charge in [-0.1, -0.05) is 25.4 Å². The number of piperidine rings is 1. The third-order valence-corrected chi connectivity index (χ3v) is 7.30. The minimum absolute atomic E-state index is 0.0735. The van der Waals surface area contributed by atoms with Crippen LogP contribution in [0.25, 0.3) is 0 Å². The van der Waals surface area contributed by atoms with Crippen molar-refractivity contribution in [2.24, 2.45) is 5.92 Å². The molecule has 1 aromatic rings. The zero-order chi connectivity index (χ0) is 22.3. The number of carbonyl (C=O) groups excluding carboxylic acids is 1. The Kier molecular flexibility index (Phi) is 9.82. The van der Waals surface area contributed by atoms with Crippen molar-refractivity contribution in [1.82, 2.24) is 15.7 Å². The van der Waals surface area contributed by atoms with Gasteiger partial charge in [-0.15, -0.1) is 0 Å². The molecule has 30 heavy (non-hydrogen) atoms. The van der Waals surface area contributed by atoms with Crippen molar-refractivity contribution < 1.29 is 22.6 Å². The van der Waals surface area contributed by atoms with E-state index in [1.54, 1.807) is 0 Å². The van der Waals surface area contributed by atoms with E-state index < -0.39 is 25.8 Å². The van der Waals surface area contributed by atoms with Gasteiger partial charge in [0.25, 0.3) is 5.91 Å². The van der Waals surface area contributed by atoms with Gasteiger partial charge >= 0.3 is 6.18 Å². The zero-order valence-corrected chi connectivity index (χ0v) is 19.2. The molecule has 1 aliphatic heterocycles. The summed E-state index contributed by atoms with van der Waals surface area (Å²) in [6.07, 6.45) is -2.69. The summed E-state index contributed by atoms with van der Waals surface area (Å²) in [5.74, 6) is -0.229. The molecule has 0 aliphatic carbocycles. The van der Waals surface area contributed by atoms with Gasteiger partial charge in [-0.05, 0) is 62.4 Å². The van der Waals surface area contributed by atoms with E-state index in [4.69, 9.17) is 16.2 Å². The lowest BCUT2D eigenvalue weighted by Gasteiger charge is -2.32. The summed E-state index contributed by atoms with van der Waals surface area (Å²) in [6, 6.07) is 2.91. The number of benzene rings is 1. The molecule has 1 aromatic carbocycles. The van der Waals surface area contributed by atoms with Crippen LogP contribution in [0.1, 0.15) is 42.6 Å². The van der Waals surface area contributed by atoms with E-state index in [0.717, 1.165) is 51.2 Å². The average Bonchev–Trinajstić information content (AvgIpc) is 2.68. The van der Waals surface area contributed by atoms with Gasteiger partial charge in [0.2, 0.25) is 0 Å². The zero-order valence-electron chi connectivity index (χ0n) is 17.6. The van der Waals surface area contributed by atoms with Crippen molar-refractivity contribution in [1.29, 1.82) is 0 Å². The molecule has 1 heterocycles. The van der Waals surface area contributed by atoms with E-state index in [1.807, 2.05) is 0 Å². The standard InChI is InChI=1S/C20H30ClF3N3O2P/c1-14(2)30(3)29-26-6-9-27-7-4-15(5-8-27)13-25-19(28)16-10-17(20(22,23)24)12-18(21)11-16/h10-12,14-15,26H,4-9,13H2,1-3H3,(H,25,28). The van der Waals surface area contributed by atoms with Crippen LogP contribution < -0.4 is 10.8 Å². The first kappa shape index (κ1) is 25.3. The highest BCUT2D eigenvalue weighted by Crippen LogP contribution is 2.36. The van der Waals surface area contributed by atoms with Gasteiger partial charge in [-0.2, -0.15) is 18.7 Å². The molecular weight excluding hydrogens is 438 g/mol. The van der Waals surface area contributed by atoms with Gasteiger partial charge in [0.15, 0.2) is 0 Å². The summed E-state index contributed by atoms with van der Waals surface area (Å²) >= 11 is 5.75. The Morgan fingerprint density at radius 1 is 1.30 bits per heavy atom. The molecular formula is C20H30ClF3N3O2P. The van der Waals surface area contributed by atoms with Crippen molar-refractivity contribution in [3.8, 4) is 0 Å². The van der Waals surface area contributed by atoms with Gasteiger partial charge in [0.05, 0.1) is 13.7 Å². The summed E-state index contributed by atoms with van der Waals surface area (Å²) in [4.78, 5) is 14.6. The fourth-order valence-electron chi connectivity index (χ4n) is 3.09. The Balaban J connectivity index is 1.71. The number of carbonyl (C=O) groups is 1. The largest absolute Gasteiger partial charge is 0.416 e. The van der Waals surface area contributed by atoms with Crippen LogP contribution in [0.4, 0.5) is 13.2 Å². The van der Waals surface area contributed by atoms with E-state index in [0.29, 0.717) is 18.1 Å². The summed E-state index contributed by atoms with van der Waals surface area (Å²) in [5.41, 5.74) is 2.57. The molecule has 1 fully saturated rings. The molecule has 0 radical (unpaired) electrons. The summed E-state index contributed by atoms with van der Waals surface area (Å²) in [5, 5.41) is 2.64. The smallest absolute Gasteiger partial charge is 0.352 e. The topological polar surface area (TPSA) is 53.6 Å². The minimum Gasteiger partial charge on any atom is -0.352 e. The van der Waals surface area contributed by atoms with Crippen LogP contribution >= 0.6 is 19.7 Å². The summed E-state index contributed by atoms with van der Waals surface area (Å²) in [7, 11) is -0.458. The van der Waals surface area contributed by atoms with Crippen LogP contribution in [-0.4, -0.2) is 55.9 Å². The lowest BCUT2D eigenvalue weighted by atomic mass is 9.96. The monoisotopic (exact) mass is 467 g/mol. The fraction of sp³-hybridized carbons (Fsp3) is 0.650. The summed E-state index contributed by atoms with van der Waals surface area (Å²) < 4.78 is 44.3. The maximum atomic E-state index is 12.9. The Bertz CT molecular complexity index is 698. The Morgan fingerprint density at radius 2 is 1.97 bits per heavy atom. The molecule has 2 N–H and O–H groups in total. The molecule has 10 heteroatoms. The quantitative estimate of drug-likeness (QED) is 0.312. The van der Waals surface area contributed by atoms with E-state index in [2.05, 4.69) is 36.2 Å². The molecule has 0 saturated carbocycles. The fourth-order valence-corrected chi connectivity index (χ4v) is 3.84. The van der Waals surface area contributed by atoms with Crippen molar-refractivity contribution in [3.05, 3.63) is 34.3 Å². The van der Waals surface area contributed by atoms with Crippen molar-refractivity contribution in [2.45, 2.75) is 38.5 Å². The molecule has 0 bridgehead atoms. The van der Waals surface area contributed by atoms with Crippen LogP contribution in [0.15, 0.2) is 18.2 Å². The lowest BCUT2D eigenvalue weighted by Crippen LogP contribution is -2.41. The Morgan fingerprint density at radius 3 is 2.57 bits per heavy atom. The van der Waals surface area contributed by atoms with Crippen molar-refractivity contribution >= 4 is 25.7 Å². The van der Waals surface area contributed by atoms with Crippen LogP contribution in [-0.2, 0) is 10.8 Å². The van der Waals surface area contributed by atoms with Crippen LogP contribution in [0.5, 0.6) is 0 Å². The van der Waals surface area contributed by atoms with E-state index >= 15 is 0 Å². The second kappa shape index (κ2) is 11.6. The molecule has 0 aromatic heterocycles. The van der Waals surface area contributed by atoms with E-state index in [1.165, 1.54) is 6.07 Å². The number of nitrogens with zero attached hydrogens (tertiary/aromatic N) is 1. The second-order valence-corrected chi connectivity index (χ2v) is 10.6. The minimum atomic E-state index is -4.54. The number of hydroxylamine groups is 1. The van der Waals surface area contributed by atoms with Gasteiger partial charge in [-0.25, -0.2) is 0 Å². The number of amides is 1. The highest BCUT2D eigenvalue weighted by atomic mass is 35.5. The maximum Gasteiger partial charge on any atom is 0.416 e. The molecule has 1 aliphatic rings. The third kappa shape index (κ3) is 8.31. The maximum absolute atomic E-state index is 12.9.